The van der Waals surface area contributed by atoms with Gasteiger partial charge in [0.2, 0.25) is 0 Å². The molecule has 0 atom stereocenters. The highest BCUT2D eigenvalue weighted by molar-refractivity contribution is 8.46. The highest BCUT2D eigenvalue weighted by Gasteiger charge is 2.26. The monoisotopic (exact) mass is 411 g/mol. The molecule has 3 aliphatic heterocycles. The van der Waals surface area contributed by atoms with Gasteiger partial charge in [0.15, 0.2) is 4.53 Å². The van der Waals surface area contributed by atoms with Crippen LogP contribution in [0.4, 0.5) is 0 Å². The van der Waals surface area contributed by atoms with Gasteiger partial charge in [-0.25, -0.2) is 0 Å². The highest BCUT2D eigenvalue weighted by Crippen LogP contribution is 2.59. The van der Waals surface area contributed by atoms with Gasteiger partial charge in [-0.2, -0.15) is 0 Å². The molecule has 0 spiro atoms. The van der Waals surface area contributed by atoms with Crippen molar-refractivity contribution in [2.45, 2.75) is 0 Å². The predicted molar refractivity (Wildman–Crippen MR) is 105 cm³/mol. The molecule has 1 nitrogen and oxygen atoms in total. The smallest absolute Gasteiger partial charge is 0.262 e. The number of hydrogen-bond acceptors (Lipinski definition) is 8. The van der Waals surface area contributed by atoms with Crippen LogP contribution in [0.3, 0.4) is 0 Å². The van der Waals surface area contributed by atoms with Crippen molar-refractivity contribution in [3.63, 3.8) is 0 Å². The molecule has 0 saturated carbocycles. The van der Waals surface area contributed by atoms with Gasteiger partial charge in [-0.15, -0.1) is 34.9 Å². The summed E-state index contributed by atoms with van der Waals surface area (Å²) in [5.74, 6) is 2.43. The average Bonchev–Trinajstić information content (AvgIpc) is 3.16. The van der Waals surface area contributed by atoms with Gasteiger partial charge < -0.3 is 0 Å². The Kier molecular flexibility index (Phi) is 4.68. The minimum Gasteiger partial charge on any atom is -0.262 e. The third kappa shape index (κ3) is 2.84. The molecule has 104 valence electrons. The molecule has 0 bridgehead atoms. The molecule has 0 amide bonds. The van der Waals surface area contributed by atoms with E-state index in [1.54, 1.807) is 34.9 Å². The maximum Gasteiger partial charge on any atom is 0.417 e. The third-order valence-corrected chi connectivity index (χ3v) is 13.5. The van der Waals surface area contributed by atoms with Gasteiger partial charge in [-0.05, 0) is 22.2 Å². The lowest BCUT2D eigenvalue weighted by atomic mass is 10.9. The van der Waals surface area contributed by atoms with Crippen LogP contribution in [0.5, 0.6) is 0 Å². The van der Waals surface area contributed by atoms with Crippen LogP contribution >= 0.6 is 93.2 Å². The third-order valence-electron chi connectivity index (χ3n) is 2.42. The fourth-order valence-electron chi connectivity index (χ4n) is 1.62. The summed E-state index contributed by atoms with van der Waals surface area (Å²) in [4.78, 5) is 10.2. The van der Waals surface area contributed by atoms with E-state index in [1.165, 1.54) is 43.6 Å². The second-order valence-electron chi connectivity index (χ2n) is 3.68. The Morgan fingerprint density at radius 1 is 0.800 bits per heavy atom. The van der Waals surface area contributed by atoms with Crippen LogP contribution in [0, 0.1) is 0 Å². The molecule has 0 aliphatic carbocycles. The van der Waals surface area contributed by atoms with Crippen LogP contribution in [0.2, 0.25) is 0 Å². The van der Waals surface area contributed by atoms with Crippen LogP contribution in [-0.2, 0) is 0 Å². The van der Waals surface area contributed by atoms with Crippen LogP contribution in [0.15, 0.2) is 19.3 Å². The lowest BCUT2D eigenvalue weighted by Gasteiger charge is -2.08. The fraction of sp³-hybridized carbons (Fsp3) is 0.182. The minimum absolute atomic E-state index is 0.461. The number of hydrogen-bond donors (Lipinski definition) is 0. The van der Waals surface area contributed by atoms with Crippen molar-refractivity contribution in [3.05, 3.63) is 32.4 Å². The fourth-order valence-corrected chi connectivity index (χ4v) is 12.3. The van der Waals surface area contributed by atoms with E-state index >= 15 is 0 Å². The van der Waals surface area contributed by atoms with Crippen molar-refractivity contribution in [1.29, 1.82) is 0 Å². The van der Waals surface area contributed by atoms with Crippen LogP contribution in [0.1, 0.15) is 0 Å². The molecule has 0 unspecified atom stereocenters. The zero-order valence-corrected chi connectivity index (χ0v) is 16.3. The second kappa shape index (κ2) is 6.35. The van der Waals surface area contributed by atoms with Crippen LogP contribution in [-0.4, -0.2) is 16.3 Å². The summed E-state index contributed by atoms with van der Waals surface area (Å²) in [5, 5.41) is 4.15. The molecule has 0 saturated heterocycles. The first kappa shape index (κ1) is 14.7. The summed E-state index contributed by atoms with van der Waals surface area (Å²) in [5.41, 5.74) is 0. The minimum atomic E-state index is 0.461. The van der Waals surface area contributed by atoms with Gasteiger partial charge in [0.25, 0.3) is 0 Å². The summed E-state index contributed by atoms with van der Waals surface area (Å²) in [6.45, 7) is 0. The topological polar surface area (TPSA) is 21.4 Å². The van der Waals surface area contributed by atoms with Gasteiger partial charge in [0, 0.05) is 11.5 Å². The van der Waals surface area contributed by atoms with Gasteiger partial charge in [0.1, 0.15) is 3.85 Å². The molecule has 1 N–H and O–H groups in total. The first-order chi connectivity index (χ1) is 9.81. The Labute approximate surface area is 149 Å². The van der Waals surface area contributed by atoms with E-state index < -0.39 is 0 Å². The maximum atomic E-state index is 10.2. The van der Waals surface area contributed by atoms with Gasteiger partial charge in [-0.3, -0.25) is 4.79 Å². The van der Waals surface area contributed by atoms with Crippen molar-refractivity contribution in [1.82, 2.24) is 0 Å². The van der Waals surface area contributed by atoms with E-state index in [4.69, 9.17) is 0 Å². The first-order valence-electron chi connectivity index (χ1n) is 5.56. The van der Waals surface area contributed by atoms with Gasteiger partial charge in [-0.1, -0.05) is 47.0 Å². The quantitative estimate of drug-likeness (QED) is 0.598. The molecular formula is C11H7OS8+. The van der Waals surface area contributed by atoms with Crippen molar-refractivity contribution in [2.75, 3.05) is 11.5 Å². The van der Waals surface area contributed by atoms with E-state index in [9.17, 15) is 4.79 Å². The van der Waals surface area contributed by atoms with E-state index in [0.29, 0.717) is 4.74 Å². The molecule has 0 aromatic carbocycles. The van der Waals surface area contributed by atoms with E-state index in [0.717, 1.165) is 4.53 Å². The summed E-state index contributed by atoms with van der Waals surface area (Å²) in [6.07, 6.45) is 0. The molecule has 4 rings (SSSR count). The molecule has 0 radical (unpaired) electrons. The summed E-state index contributed by atoms with van der Waals surface area (Å²) >= 11 is 14.4. The summed E-state index contributed by atoms with van der Waals surface area (Å²) in [6, 6.07) is 0. The molecular weight excluding hydrogens is 405 g/mol. The Bertz CT molecular complexity index is 765. The Morgan fingerprint density at radius 3 is 2.10 bits per heavy atom. The molecule has 9 heteroatoms. The van der Waals surface area contributed by atoms with Crippen molar-refractivity contribution >= 4 is 102 Å². The van der Waals surface area contributed by atoms with Crippen LogP contribution < -0.4 is 13.1 Å². The molecule has 1 aromatic heterocycles. The second-order valence-corrected chi connectivity index (χ2v) is 13.1. The molecule has 4 heterocycles. The highest BCUT2D eigenvalue weighted by atomic mass is 32.3. The van der Waals surface area contributed by atoms with Gasteiger partial charge >= 0.3 is 4.74 Å². The normalized spacial score (nSPS) is 22.0. The van der Waals surface area contributed by atoms with Crippen molar-refractivity contribution in [3.8, 4) is 0 Å². The number of thioether (sulfide) groups is 6. The van der Waals surface area contributed by atoms with E-state index in [-0.39, 0.29) is 0 Å². The molecule has 20 heavy (non-hydrogen) atoms. The average molecular weight is 412 g/mol. The Hall–Kier alpha value is 1.17. The van der Waals surface area contributed by atoms with E-state index in [2.05, 4.69) is 10.8 Å². The molecule has 0 fully saturated rings. The molecule has 3 aliphatic rings. The largest absolute Gasteiger partial charge is 0.417 e. The predicted octanol–water partition coefficient (Wildman–Crippen LogP) is 3.98. The Morgan fingerprint density at radius 2 is 1.45 bits per heavy atom. The van der Waals surface area contributed by atoms with Crippen molar-refractivity contribution in [2.24, 2.45) is 0 Å². The Balaban J connectivity index is 1.78. The lowest BCUT2D eigenvalue weighted by Crippen LogP contribution is -2.16. The number of rotatable bonds is 0. The SMILES string of the molecule is [OH+]=c1sc(=C2SC3=C(SCCS3)S2)sc1=C1SC=CS1. The zero-order valence-electron chi connectivity index (χ0n) is 9.78. The maximum absolute atomic E-state index is 10.2. The standard InChI is InChI=1S/C11H6OS8/c12-6-5(7-13-1-2-14-7)17-10(18-6)11-19-8-9(20-11)16-4-3-15-8/h1-2H,3-4H2/p+1. The van der Waals surface area contributed by atoms with Crippen molar-refractivity contribution < 1.29 is 4.79 Å². The summed E-state index contributed by atoms with van der Waals surface area (Å²) in [7, 11) is 0. The lowest BCUT2D eigenvalue weighted by molar-refractivity contribution is 0.591. The zero-order chi connectivity index (χ0) is 13.5. The van der Waals surface area contributed by atoms with Gasteiger partial charge in [0.05, 0.1) is 16.9 Å². The van der Waals surface area contributed by atoms with E-state index in [1.807, 2.05) is 47.0 Å². The first-order valence-corrected chi connectivity index (χ1v) is 12.6. The molecule has 1 aromatic rings. The van der Waals surface area contributed by atoms with Crippen LogP contribution in [0.25, 0.3) is 8.47 Å². The summed E-state index contributed by atoms with van der Waals surface area (Å²) < 4.78 is 8.19.